The van der Waals surface area contributed by atoms with Crippen LogP contribution in [-0.4, -0.2) is 16.9 Å². The maximum absolute atomic E-state index is 12.2. The van der Waals surface area contributed by atoms with Crippen LogP contribution in [0.5, 0.6) is 0 Å². The van der Waals surface area contributed by atoms with Gasteiger partial charge in [-0.25, -0.2) is 4.79 Å². The van der Waals surface area contributed by atoms with Crippen molar-refractivity contribution < 1.29 is 14.7 Å². The molecule has 0 aliphatic heterocycles. The van der Waals surface area contributed by atoms with Crippen LogP contribution >= 0.6 is 0 Å². The molecule has 2 rings (SSSR count). The largest absolute Gasteiger partial charge is 0.478 e. The highest BCUT2D eigenvalue weighted by Gasteiger charge is 2.49. The van der Waals surface area contributed by atoms with Gasteiger partial charge in [-0.1, -0.05) is 38.8 Å². The van der Waals surface area contributed by atoms with E-state index in [-0.39, 0.29) is 16.6 Å². The Morgan fingerprint density at radius 1 is 1.35 bits per heavy atom. The summed E-state index contributed by atoms with van der Waals surface area (Å²) in [5.41, 5.74) is 2.24. The van der Waals surface area contributed by atoms with Gasteiger partial charge in [0.1, 0.15) is 0 Å². The first kappa shape index (κ1) is 18.0. The molecule has 0 heterocycles. The molecular weight excluding hydrogens is 288 g/mol. The van der Waals surface area contributed by atoms with Gasteiger partial charge in [-0.05, 0) is 61.3 Å². The van der Waals surface area contributed by atoms with E-state index in [0.29, 0.717) is 18.3 Å². The molecule has 1 saturated carbocycles. The first-order valence-electron chi connectivity index (χ1n) is 8.71. The van der Waals surface area contributed by atoms with Crippen molar-refractivity contribution in [2.45, 2.75) is 66.7 Å². The van der Waals surface area contributed by atoms with Crippen LogP contribution < -0.4 is 0 Å². The quantitative estimate of drug-likeness (QED) is 0.759. The number of fused-ring (bicyclic) bond motifs is 1. The van der Waals surface area contributed by atoms with Gasteiger partial charge in [-0.15, -0.1) is 0 Å². The monoisotopic (exact) mass is 318 g/mol. The zero-order valence-corrected chi connectivity index (χ0v) is 15.1. The van der Waals surface area contributed by atoms with Crippen molar-refractivity contribution in [2.75, 3.05) is 0 Å². The topological polar surface area (TPSA) is 54.4 Å². The van der Waals surface area contributed by atoms with E-state index < -0.39 is 5.97 Å². The van der Waals surface area contributed by atoms with Crippen molar-refractivity contribution in [1.29, 1.82) is 0 Å². The normalized spacial score (nSPS) is 33.9. The summed E-state index contributed by atoms with van der Waals surface area (Å²) in [6.45, 7) is 10.9. The second kappa shape index (κ2) is 6.26. The van der Waals surface area contributed by atoms with Gasteiger partial charge < -0.3 is 5.11 Å². The number of ketones is 1. The highest BCUT2D eigenvalue weighted by Crippen LogP contribution is 2.57. The summed E-state index contributed by atoms with van der Waals surface area (Å²) in [4.78, 5) is 23.1. The minimum atomic E-state index is -0.879. The predicted molar refractivity (Wildman–Crippen MR) is 92.1 cm³/mol. The number of rotatable bonds is 4. The molecule has 2 aliphatic carbocycles. The first-order chi connectivity index (χ1) is 10.6. The highest BCUT2D eigenvalue weighted by molar-refractivity contribution is 5.92. The number of carboxylic acid groups (broad SMARTS) is 1. The lowest BCUT2D eigenvalue weighted by Crippen LogP contribution is -2.44. The molecule has 0 spiro atoms. The average molecular weight is 318 g/mol. The molecule has 0 amide bonds. The Morgan fingerprint density at radius 2 is 2.00 bits per heavy atom. The smallest absolute Gasteiger partial charge is 0.328 e. The summed E-state index contributed by atoms with van der Waals surface area (Å²) in [6, 6.07) is 0. The van der Waals surface area contributed by atoms with Crippen molar-refractivity contribution in [3.63, 3.8) is 0 Å². The summed E-state index contributed by atoms with van der Waals surface area (Å²) in [5.74, 6) is 0.365. The molecule has 128 valence electrons. The number of allylic oxidation sites excluding steroid dienone is 3. The van der Waals surface area contributed by atoms with Crippen LogP contribution in [0.4, 0.5) is 0 Å². The third kappa shape index (κ3) is 3.59. The van der Waals surface area contributed by atoms with E-state index in [1.165, 1.54) is 18.1 Å². The van der Waals surface area contributed by atoms with Crippen LogP contribution in [0.15, 0.2) is 23.3 Å². The van der Waals surface area contributed by atoms with Crippen molar-refractivity contribution in [3.05, 3.63) is 23.3 Å². The molecule has 3 unspecified atom stereocenters. The molecule has 3 atom stereocenters. The molecule has 0 aromatic carbocycles. The van der Waals surface area contributed by atoms with Gasteiger partial charge in [0.05, 0.1) is 0 Å². The summed E-state index contributed by atoms with van der Waals surface area (Å²) in [6.07, 6.45) is 7.88. The van der Waals surface area contributed by atoms with Gasteiger partial charge in [0.25, 0.3) is 0 Å². The summed E-state index contributed by atoms with van der Waals surface area (Å²) < 4.78 is 0. The molecule has 0 saturated heterocycles. The SMILES string of the molecule is C/C(=C/C(=O)O)CCC1(C)C2=CC(=O)CC(C)(C)C2CCC1C. The number of hydrogen-bond acceptors (Lipinski definition) is 2. The van der Waals surface area contributed by atoms with Crippen LogP contribution in [0.3, 0.4) is 0 Å². The third-order valence-electron chi connectivity index (χ3n) is 6.31. The van der Waals surface area contributed by atoms with Gasteiger partial charge >= 0.3 is 5.97 Å². The number of hydrogen-bond donors (Lipinski definition) is 1. The summed E-state index contributed by atoms with van der Waals surface area (Å²) >= 11 is 0. The molecule has 0 aromatic rings. The molecule has 0 aromatic heterocycles. The molecule has 1 N–H and O–H groups in total. The Bertz CT molecular complexity index is 567. The Hall–Kier alpha value is -1.38. The van der Waals surface area contributed by atoms with Crippen LogP contribution in [0.2, 0.25) is 0 Å². The molecule has 0 bridgehead atoms. The second-order valence-electron chi connectivity index (χ2n) is 8.51. The fourth-order valence-corrected chi connectivity index (χ4v) is 4.58. The van der Waals surface area contributed by atoms with Gasteiger partial charge in [0, 0.05) is 12.5 Å². The molecular formula is C20H30O3. The molecule has 0 radical (unpaired) electrons. The van der Waals surface area contributed by atoms with Gasteiger partial charge in [0.2, 0.25) is 0 Å². The lowest BCUT2D eigenvalue weighted by molar-refractivity contribution is -0.131. The Kier molecular flexibility index (Phi) is 4.89. The van der Waals surface area contributed by atoms with E-state index in [1.807, 2.05) is 13.0 Å². The van der Waals surface area contributed by atoms with E-state index in [0.717, 1.165) is 24.8 Å². The average Bonchev–Trinajstić information content (AvgIpc) is 2.39. The van der Waals surface area contributed by atoms with Crippen molar-refractivity contribution in [3.8, 4) is 0 Å². The number of carboxylic acids is 1. The maximum Gasteiger partial charge on any atom is 0.328 e. The van der Waals surface area contributed by atoms with Crippen LogP contribution in [0.1, 0.15) is 66.7 Å². The lowest BCUT2D eigenvalue weighted by Gasteiger charge is -2.52. The van der Waals surface area contributed by atoms with Crippen molar-refractivity contribution >= 4 is 11.8 Å². The van der Waals surface area contributed by atoms with E-state index in [1.54, 1.807) is 0 Å². The number of carbonyl (C=O) groups excluding carboxylic acids is 1. The highest BCUT2D eigenvalue weighted by atomic mass is 16.4. The summed E-state index contributed by atoms with van der Waals surface area (Å²) in [5, 5.41) is 8.90. The lowest BCUT2D eigenvalue weighted by atomic mass is 9.52. The fraction of sp³-hybridized carbons (Fsp3) is 0.700. The molecule has 1 fully saturated rings. The first-order valence-corrected chi connectivity index (χ1v) is 8.71. The molecule has 2 aliphatic rings. The van der Waals surface area contributed by atoms with Crippen LogP contribution in [0, 0.1) is 22.7 Å². The predicted octanol–water partition coefficient (Wildman–Crippen LogP) is 4.78. The Morgan fingerprint density at radius 3 is 2.61 bits per heavy atom. The Labute approximate surface area is 139 Å². The second-order valence-corrected chi connectivity index (χ2v) is 8.51. The maximum atomic E-state index is 12.2. The number of carbonyl (C=O) groups is 2. The van der Waals surface area contributed by atoms with Gasteiger partial charge in [-0.3, -0.25) is 4.79 Å². The van der Waals surface area contributed by atoms with E-state index >= 15 is 0 Å². The van der Waals surface area contributed by atoms with E-state index in [9.17, 15) is 9.59 Å². The van der Waals surface area contributed by atoms with Gasteiger partial charge in [0.15, 0.2) is 5.78 Å². The van der Waals surface area contributed by atoms with E-state index in [2.05, 4.69) is 27.7 Å². The minimum absolute atomic E-state index is 0.0100. The zero-order chi connectivity index (χ0) is 17.4. The van der Waals surface area contributed by atoms with E-state index in [4.69, 9.17) is 5.11 Å². The fourth-order valence-electron chi connectivity index (χ4n) is 4.58. The summed E-state index contributed by atoms with van der Waals surface area (Å²) in [7, 11) is 0. The zero-order valence-electron chi connectivity index (χ0n) is 15.1. The minimum Gasteiger partial charge on any atom is -0.478 e. The number of aliphatic carboxylic acids is 1. The van der Waals surface area contributed by atoms with Crippen LogP contribution in [-0.2, 0) is 9.59 Å². The molecule has 3 heteroatoms. The molecule has 23 heavy (non-hydrogen) atoms. The Balaban J connectivity index is 2.30. The van der Waals surface area contributed by atoms with Crippen molar-refractivity contribution in [1.82, 2.24) is 0 Å². The standard InChI is InChI=1S/C20H30O3/c1-13(10-18(22)23)8-9-20(5)14(2)6-7-16-17(20)11-15(21)12-19(16,3)4/h10-11,14,16H,6-9,12H2,1-5H3,(H,22,23)/b13-10-. The molecule has 3 nitrogen and oxygen atoms in total. The van der Waals surface area contributed by atoms with Gasteiger partial charge in [-0.2, -0.15) is 0 Å². The van der Waals surface area contributed by atoms with Crippen molar-refractivity contribution in [2.24, 2.45) is 22.7 Å². The van der Waals surface area contributed by atoms with Crippen LogP contribution in [0.25, 0.3) is 0 Å². The third-order valence-corrected chi connectivity index (χ3v) is 6.31.